The van der Waals surface area contributed by atoms with Gasteiger partial charge in [-0.25, -0.2) is 0 Å². The molecule has 1 heterocycles. The van der Waals surface area contributed by atoms with Gasteiger partial charge in [-0.3, -0.25) is 4.79 Å². The first kappa shape index (κ1) is 12.1. The summed E-state index contributed by atoms with van der Waals surface area (Å²) in [4.78, 5) is 14.8. The van der Waals surface area contributed by atoms with E-state index in [1.165, 1.54) is 4.88 Å². The zero-order valence-corrected chi connectivity index (χ0v) is 12.5. The molecular weight excluding hydrogens is 308 g/mol. The number of carbonyl (C=O) groups is 1. The summed E-state index contributed by atoms with van der Waals surface area (Å²) in [6, 6.07) is 12.2. The molecule has 3 heteroatoms. The molecule has 1 saturated carbocycles. The maximum Gasteiger partial charge on any atom is 0.184 e. The van der Waals surface area contributed by atoms with Gasteiger partial charge in [0.15, 0.2) is 5.78 Å². The van der Waals surface area contributed by atoms with Crippen molar-refractivity contribution >= 4 is 33.0 Å². The Morgan fingerprint density at radius 2 is 1.94 bits per heavy atom. The summed E-state index contributed by atoms with van der Waals surface area (Å²) < 4.78 is 0.942. The van der Waals surface area contributed by atoms with Gasteiger partial charge in [-0.15, -0.1) is 11.3 Å². The lowest BCUT2D eigenvalue weighted by atomic mass is 9.90. The minimum Gasteiger partial charge on any atom is -0.292 e. The van der Waals surface area contributed by atoms with Crippen LogP contribution in [0.3, 0.4) is 0 Å². The van der Waals surface area contributed by atoms with E-state index in [4.69, 9.17) is 0 Å². The largest absolute Gasteiger partial charge is 0.292 e. The standard InChI is InChI=1S/C15H13BrOS/c1-10-9-12(16)13(18-10)14(17)15(7-8-15)11-5-3-2-4-6-11/h2-6,9H,7-8H2,1H3. The number of thiophene rings is 1. The Hall–Kier alpha value is -0.930. The predicted molar refractivity (Wildman–Crippen MR) is 78.4 cm³/mol. The van der Waals surface area contributed by atoms with Crippen LogP contribution in [0.1, 0.15) is 33.0 Å². The average molecular weight is 321 g/mol. The van der Waals surface area contributed by atoms with Gasteiger partial charge in [0.05, 0.1) is 10.3 Å². The summed E-state index contributed by atoms with van der Waals surface area (Å²) in [6.07, 6.45) is 1.94. The van der Waals surface area contributed by atoms with E-state index in [-0.39, 0.29) is 11.2 Å². The molecule has 0 spiro atoms. The molecule has 1 fully saturated rings. The topological polar surface area (TPSA) is 17.1 Å². The van der Waals surface area contributed by atoms with Crippen molar-refractivity contribution < 1.29 is 4.79 Å². The fourth-order valence-corrected chi connectivity index (χ4v) is 4.25. The van der Waals surface area contributed by atoms with Crippen LogP contribution in [0.4, 0.5) is 0 Å². The number of halogens is 1. The number of ketones is 1. The molecule has 1 aromatic heterocycles. The van der Waals surface area contributed by atoms with Crippen LogP contribution in [-0.4, -0.2) is 5.78 Å². The zero-order chi connectivity index (χ0) is 12.8. The maximum atomic E-state index is 12.7. The van der Waals surface area contributed by atoms with Crippen LogP contribution in [0.5, 0.6) is 0 Å². The Bertz CT molecular complexity index is 596. The van der Waals surface area contributed by atoms with Gasteiger partial charge in [0, 0.05) is 9.35 Å². The monoisotopic (exact) mass is 320 g/mol. The average Bonchev–Trinajstić information content (AvgIpc) is 3.11. The lowest BCUT2D eigenvalue weighted by Crippen LogP contribution is -2.19. The molecule has 3 rings (SSSR count). The zero-order valence-electron chi connectivity index (χ0n) is 10.1. The van der Waals surface area contributed by atoms with E-state index in [1.807, 2.05) is 31.2 Å². The minimum absolute atomic E-state index is 0.249. The highest BCUT2D eigenvalue weighted by Gasteiger charge is 2.51. The van der Waals surface area contributed by atoms with E-state index in [2.05, 4.69) is 28.1 Å². The fraction of sp³-hybridized carbons (Fsp3) is 0.267. The van der Waals surface area contributed by atoms with Crippen molar-refractivity contribution in [3.8, 4) is 0 Å². The molecule has 18 heavy (non-hydrogen) atoms. The highest BCUT2D eigenvalue weighted by molar-refractivity contribution is 9.10. The van der Waals surface area contributed by atoms with Gasteiger partial charge < -0.3 is 0 Å². The number of Topliss-reactive ketones (excluding diaryl/α,β-unsaturated/α-hetero) is 1. The molecule has 0 bridgehead atoms. The van der Waals surface area contributed by atoms with Gasteiger partial charge in [0.2, 0.25) is 0 Å². The van der Waals surface area contributed by atoms with Crippen LogP contribution in [0, 0.1) is 6.92 Å². The molecule has 1 aromatic carbocycles. The molecule has 92 valence electrons. The van der Waals surface area contributed by atoms with Crippen LogP contribution < -0.4 is 0 Å². The lowest BCUT2D eigenvalue weighted by molar-refractivity contribution is 0.0949. The number of benzene rings is 1. The van der Waals surface area contributed by atoms with Crippen molar-refractivity contribution in [2.24, 2.45) is 0 Å². The summed E-state index contributed by atoms with van der Waals surface area (Å²) in [6.45, 7) is 2.04. The third-order valence-electron chi connectivity index (χ3n) is 3.53. The number of carbonyl (C=O) groups excluding carboxylic acids is 1. The van der Waals surface area contributed by atoms with E-state index in [0.29, 0.717) is 0 Å². The molecule has 0 aliphatic heterocycles. The highest BCUT2D eigenvalue weighted by atomic mass is 79.9. The van der Waals surface area contributed by atoms with Gasteiger partial charge in [-0.1, -0.05) is 30.3 Å². The van der Waals surface area contributed by atoms with Crippen LogP contribution in [-0.2, 0) is 5.41 Å². The Labute approximate surface area is 119 Å². The Balaban J connectivity index is 2.01. The second-order valence-corrected chi connectivity index (χ2v) is 6.92. The number of aryl methyl sites for hydroxylation is 1. The van der Waals surface area contributed by atoms with Crippen molar-refractivity contribution in [2.75, 3.05) is 0 Å². The summed E-state index contributed by atoms with van der Waals surface area (Å²) in [7, 11) is 0. The fourth-order valence-electron chi connectivity index (χ4n) is 2.38. The van der Waals surface area contributed by atoms with Gasteiger partial charge >= 0.3 is 0 Å². The number of rotatable bonds is 3. The summed E-state index contributed by atoms with van der Waals surface area (Å²) in [5.74, 6) is 0.277. The predicted octanol–water partition coefficient (Wildman–Crippen LogP) is 4.73. The van der Waals surface area contributed by atoms with E-state index in [1.54, 1.807) is 11.3 Å². The van der Waals surface area contributed by atoms with Crippen molar-refractivity contribution in [1.29, 1.82) is 0 Å². The van der Waals surface area contributed by atoms with Gasteiger partial charge in [0.1, 0.15) is 0 Å². The molecule has 0 amide bonds. The molecule has 1 aliphatic rings. The van der Waals surface area contributed by atoms with Crippen LogP contribution in [0.2, 0.25) is 0 Å². The second-order valence-electron chi connectivity index (χ2n) is 4.81. The highest BCUT2D eigenvalue weighted by Crippen LogP contribution is 2.51. The van der Waals surface area contributed by atoms with Crippen LogP contribution in [0.15, 0.2) is 40.9 Å². The van der Waals surface area contributed by atoms with Crippen molar-refractivity contribution in [1.82, 2.24) is 0 Å². The maximum absolute atomic E-state index is 12.7. The minimum atomic E-state index is -0.249. The lowest BCUT2D eigenvalue weighted by Gasteiger charge is -2.13. The van der Waals surface area contributed by atoms with E-state index >= 15 is 0 Å². The first-order valence-electron chi connectivity index (χ1n) is 6.00. The van der Waals surface area contributed by atoms with Gasteiger partial charge in [0.25, 0.3) is 0 Å². The molecule has 0 radical (unpaired) electrons. The molecule has 1 aliphatic carbocycles. The van der Waals surface area contributed by atoms with Gasteiger partial charge in [-0.2, -0.15) is 0 Å². The van der Waals surface area contributed by atoms with Crippen LogP contribution >= 0.6 is 27.3 Å². The van der Waals surface area contributed by atoms with E-state index in [9.17, 15) is 4.79 Å². The molecule has 1 nitrogen and oxygen atoms in total. The molecule has 0 saturated heterocycles. The summed E-state index contributed by atoms with van der Waals surface area (Å²) in [5.41, 5.74) is 0.911. The molecule has 0 unspecified atom stereocenters. The molecule has 0 N–H and O–H groups in total. The third-order valence-corrected chi connectivity index (χ3v) is 5.46. The Morgan fingerprint density at radius 3 is 2.44 bits per heavy atom. The van der Waals surface area contributed by atoms with Crippen molar-refractivity contribution in [3.63, 3.8) is 0 Å². The molecule has 2 aromatic rings. The molecular formula is C15H13BrOS. The van der Waals surface area contributed by atoms with Crippen LogP contribution in [0.25, 0.3) is 0 Å². The SMILES string of the molecule is Cc1cc(Br)c(C(=O)C2(c3ccccc3)CC2)s1. The third kappa shape index (κ3) is 1.86. The Morgan fingerprint density at radius 1 is 1.28 bits per heavy atom. The first-order valence-corrected chi connectivity index (χ1v) is 7.61. The number of hydrogen-bond donors (Lipinski definition) is 0. The normalized spacial score (nSPS) is 16.6. The quantitative estimate of drug-likeness (QED) is 0.747. The summed E-state index contributed by atoms with van der Waals surface area (Å²) >= 11 is 5.09. The van der Waals surface area contributed by atoms with Crippen molar-refractivity contribution in [2.45, 2.75) is 25.2 Å². The van der Waals surface area contributed by atoms with E-state index in [0.717, 1.165) is 27.8 Å². The number of hydrogen-bond acceptors (Lipinski definition) is 2. The van der Waals surface area contributed by atoms with Crippen molar-refractivity contribution in [3.05, 3.63) is 56.2 Å². The molecule has 0 atom stereocenters. The van der Waals surface area contributed by atoms with Gasteiger partial charge in [-0.05, 0) is 47.3 Å². The Kier molecular flexibility index (Phi) is 2.91. The van der Waals surface area contributed by atoms with E-state index < -0.39 is 0 Å². The smallest absolute Gasteiger partial charge is 0.184 e. The summed E-state index contributed by atoms with van der Waals surface area (Å²) in [5, 5.41) is 0. The second kappa shape index (κ2) is 4.32. The first-order chi connectivity index (χ1) is 8.63.